The summed E-state index contributed by atoms with van der Waals surface area (Å²) in [6.07, 6.45) is 5.84. The van der Waals surface area contributed by atoms with Crippen LogP contribution in [0.4, 0.5) is 0 Å². The number of carbonyl (C=O) groups is 1. The van der Waals surface area contributed by atoms with E-state index < -0.39 is 0 Å². The van der Waals surface area contributed by atoms with Crippen LogP contribution in [0.15, 0.2) is 24.5 Å². The van der Waals surface area contributed by atoms with Crippen LogP contribution in [0.25, 0.3) is 0 Å². The fourth-order valence-electron chi connectivity index (χ4n) is 1.85. The quantitative estimate of drug-likeness (QED) is 0.873. The van der Waals surface area contributed by atoms with E-state index in [2.05, 4.69) is 10.3 Å². The molecule has 0 saturated heterocycles. The molecule has 6 heteroatoms. The molecule has 2 unspecified atom stereocenters. The van der Waals surface area contributed by atoms with Crippen molar-refractivity contribution >= 4 is 30.7 Å². The molecule has 2 rings (SSSR count). The van der Waals surface area contributed by atoms with Crippen molar-refractivity contribution in [2.24, 2.45) is 11.7 Å². The monoisotopic (exact) mass is 305 g/mol. The summed E-state index contributed by atoms with van der Waals surface area (Å²) in [5, 5.41) is 2.91. The number of aromatic nitrogens is 1. The van der Waals surface area contributed by atoms with Crippen molar-refractivity contribution in [3.8, 4) is 0 Å². The zero-order valence-corrected chi connectivity index (χ0v) is 12.5. The predicted octanol–water partition coefficient (Wildman–Crippen LogP) is 1.88. The second-order valence-corrected chi connectivity index (χ2v) is 4.75. The van der Waals surface area contributed by atoms with Crippen LogP contribution in [0.1, 0.15) is 31.2 Å². The SMILES string of the molecule is CC(C(=O)NCC(N)C1CC1)c1cccnc1.Cl.Cl. The fraction of sp³-hybridized carbons (Fsp3) is 0.538. The van der Waals surface area contributed by atoms with Gasteiger partial charge in [-0.2, -0.15) is 0 Å². The second-order valence-electron chi connectivity index (χ2n) is 4.75. The van der Waals surface area contributed by atoms with E-state index >= 15 is 0 Å². The van der Waals surface area contributed by atoms with E-state index in [0.717, 1.165) is 5.56 Å². The molecule has 0 bridgehead atoms. The van der Waals surface area contributed by atoms with E-state index in [0.29, 0.717) is 12.5 Å². The highest BCUT2D eigenvalue weighted by atomic mass is 35.5. The molecule has 1 heterocycles. The lowest BCUT2D eigenvalue weighted by Gasteiger charge is -2.15. The van der Waals surface area contributed by atoms with Crippen molar-refractivity contribution < 1.29 is 4.79 Å². The van der Waals surface area contributed by atoms with Crippen molar-refractivity contribution in [2.45, 2.75) is 31.7 Å². The average Bonchev–Trinajstić information content (AvgIpc) is 3.20. The average molecular weight is 306 g/mol. The first kappa shape index (κ1) is 18.2. The van der Waals surface area contributed by atoms with E-state index in [9.17, 15) is 4.79 Å². The molecule has 1 saturated carbocycles. The molecule has 1 fully saturated rings. The Bertz CT molecular complexity index is 385. The molecule has 0 radical (unpaired) electrons. The zero-order valence-electron chi connectivity index (χ0n) is 10.9. The first-order valence-electron chi connectivity index (χ1n) is 6.11. The zero-order chi connectivity index (χ0) is 12.3. The number of amides is 1. The summed E-state index contributed by atoms with van der Waals surface area (Å²) in [6.45, 7) is 2.46. The number of nitrogens with zero attached hydrogens (tertiary/aromatic N) is 1. The highest BCUT2D eigenvalue weighted by molar-refractivity contribution is 5.85. The van der Waals surface area contributed by atoms with Crippen LogP contribution in [0.5, 0.6) is 0 Å². The molecule has 2 atom stereocenters. The molecular weight excluding hydrogens is 285 g/mol. The molecule has 0 aromatic carbocycles. The number of hydrogen-bond donors (Lipinski definition) is 2. The Balaban J connectivity index is 0.00000162. The Hall–Kier alpha value is -0.840. The summed E-state index contributed by atoms with van der Waals surface area (Å²) in [5.41, 5.74) is 6.87. The lowest BCUT2D eigenvalue weighted by Crippen LogP contribution is -2.40. The smallest absolute Gasteiger partial charge is 0.227 e. The van der Waals surface area contributed by atoms with Gasteiger partial charge in [0.15, 0.2) is 0 Å². The van der Waals surface area contributed by atoms with Gasteiger partial charge in [0.1, 0.15) is 0 Å². The first-order chi connectivity index (χ1) is 8.18. The summed E-state index contributed by atoms with van der Waals surface area (Å²) in [4.78, 5) is 15.9. The molecule has 1 aliphatic rings. The number of nitrogens with two attached hydrogens (primary N) is 1. The summed E-state index contributed by atoms with van der Waals surface area (Å²) in [7, 11) is 0. The van der Waals surface area contributed by atoms with Gasteiger partial charge < -0.3 is 11.1 Å². The van der Waals surface area contributed by atoms with Crippen molar-refractivity contribution in [3.63, 3.8) is 0 Å². The van der Waals surface area contributed by atoms with E-state index in [1.807, 2.05) is 19.1 Å². The van der Waals surface area contributed by atoms with Gasteiger partial charge in [0.2, 0.25) is 5.91 Å². The first-order valence-corrected chi connectivity index (χ1v) is 6.11. The number of rotatable bonds is 5. The molecule has 4 nitrogen and oxygen atoms in total. The van der Waals surface area contributed by atoms with Crippen molar-refractivity contribution in [1.29, 1.82) is 0 Å². The third-order valence-electron chi connectivity index (χ3n) is 3.32. The third kappa shape index (κ3) is 5.35. The Morgan fingerprint density at radius 1 is 1.53 bits per heavy atom. The van der Waals surface area contributed by atoms with E-state index in [1.165, 1.54) is 12.8 Å². The lowest BCUT2D eigenvalue weighted by molar-refractivity contribution is -0.122. The third-order valence-corrected chi connectivity index (χ3v) is 3.32. The van der Waals surface area contributed by atoms with Gasteiger partial charge in [-0.25, -0.2) is 0 Å². The van der Waals surface area contributed by atoms with Gasteiger partial charge in [0, 0.05) is 25.0 Å². The number of pyridine rings is 1. The summed E-state index contributed by atoms with van der Waals surface area (Å²) >= 11 is 0. The number of halogens is 2. The minimum Gasteiger partial charge on any atom is -0.354 e. The molecule has 1 amide bonds. The van der Waals surface area contributed by atoms with Crippen molar-refractivity contribution in [2.75, 3.05) is 6.54 Å². The molecular formula is C13H21Cl2N3O. The Labute approximate surface area is 126 Å². The Kier molecular flexibility index (Phi) is 7.99. The molecule has 0 aliphatic heterocycles. The van der Waals surface area contributed by atoms with Gasteiger partial charge in [0.05, 0.1) is 5.92 Å². The standard InChI is InChI=1S/C13H19N3O.2ClH/c1-9(11-3-2-6-15-7-11)13(17)16-8-12(14)10-4-5-10;;/h2-3,6-7,9-10,12H,4-5,8,14H2,1H3,(H,16,17);2*1H. The number of nitrogens with one attached hydrogen (secondary N) is 1. The van der Waals surface area contributed by atoms with E-state index in [-0.39, 0.29) is 42.7 Å². The number of hydrogen-bond acceptors (Lipinski definition) is 3. The molecule has 1 aromatic heterocycles. The van der Waals surface area contributed by atoms with Crippen molar-refractivity contribution in [1.82, 2.24) is 10.3 Å². The summed E-state index contributed by atoms with van der Waals surface area (Å²) in [5.74, 6) is 0.466. The topological polar surface area (TPSA) is 68.0 Å². The molecule has 19 heavy (non-hydrogen) atoms. The van der Waals surface area contributed by atoms with Crippen LogP contribution in [-0.2, 0) is 4.79 Å². The van der Waals surface area contributed by atoms with E-state index in [4.69, 9.17) is 5.73 Å². The van der Waals surface area contributed by atoms with Gasteiger partial charge in [0.25, 0.3) is 0 Å². The van der Waals surface area contributed by atoms with Gasteiger partial charge in [-0.05, 0) is 37.3 Å². The van der Waals surface area contributed by atoms with Crippen LogP contribution in [0.2, 0.25) is 0 Å². The molecule has 1 aromatic rings. The normalized spacial score (nSPS) is 16.5. The molecule has 108 valence electrons. The van der Waals surface area contributed by atoms with Crippen LogP contribution >= 0.6 is 24.8 Å². The predicted molar refractivity (Wildman–Crippen MR) is 80.9 cm³/mol. The van der Waals surface area contributed by atoms with Gasteiger partial charge in [-0.15, -0.1) is 24.8 Å². The van der Waals surface area contributed by atoms with Crippen molar-refractivity contribution in [3.05, 3.63) is 30.1 Å². The Morgan fingerprint density at radius 2 is 2.21 bits per heavy atom. The fourth-order valence-corrected chi connectivity index (χ4v) is 1.85. The van der Waals surface area contributed by atoms with Crippen LogP contribution in [0.3, 0.4) is 0 Å². The van der Waals surface area contributed by atoms with Crippen LogP contribution in [-0.4, -0.2) is 23.5 Å². The van der Waals surface area contributed by atoms with E-state index in [1.54, 1.807) is 12.4 Å². The molecule has 0 spiro atoms. The molecule has 1 aliphatic carbocycles. The maximum atomic E-state index is 11.9. The highest BCUT2D eigenvalue weighted by Crippen LogP contribution is 2.31. The largest absolute Gasteiger partial charge is 0.354 e. The van der Waals surface area contributed by atoms with Gasteiger partial charge >= 0.3 is 0 Å². The minimum atomic E-state index is -0.171. The number of carbonyl (C=O) groups excluding carboxylic acids is 1. The lowest BCUT2D eigenvalue weighted by atomic mass is 10.0. The molecule has 3 N–H and O–H groups in total. The van der Waals surface area contributed by atoms with Crippen LogP contribution < -0.4 is 11.1 Å². The van der Waals surface area contributed by atoms with Crippen LogP contribution in [0, 0.1) is 5.92 Å². The maximum Gasteiger partial charge on any atom is 0.227 e. The minimum absolute atomic E-state index is 0. The van der Waals surface area contributed by atoms with Gasteiger partial charge in [-0.1, -0.05) is 6.07 Å². The summed E-state index contributed by atoms with van der Waals surface area (Å²) in [6, 6.07) is 3.87. The maximum absolute atomic E-state index is 11.9. The Morgan fingerprint density at radius 3 is 2.74 bits per heavy atom. The second kappa shape index (κ2) is 8.35. The highest BCUT2D eigenvalue weighted by Gasteiger charge is 2.28. The summed E-state index contributed by atoms with van der Waals surface area (Å²) < 4.78 is 0. The van der Waals surface area contributed by atoms with Gasteiger partial charge in [-0.3, -0.25) is 9.78 Å².